The van der Waals surface area contributed by atoms with Gasteiger partial charge in [0.15, 0.2) is 0 Å². The minimum Gasteiger partial charge on any atom is -0.496 e. The van der Waals surface area contributed by atoms with Crippen molar-refractivity contribution in [1.82, 2.24) is 0 Å². The lowest BCUT2D eigenvalue weighted by atomic mass is 10.0. The summed E-state index contributed by atoms with van der Waals surface area (Å²) in [6, 6.07) is 22.9. The van der Waals surface area contributed by atoms with Gasteiger partial charge in [0.25, 0.3) is 0 Å². The number of guanidine groups is 1. The highest BCUT2D eigenvalue weighted by atomic mass is 16.5. The summed E-state index contributed by atoms with van der Waals surface area (Å²) in [5.74, 6) is 1.31. The molecule has 0 bridgehead atoms. The van der Waals surface area contributed by atoms with Crippen molar-refractivity contribution in [1.29, 1.82) is 0 Å². The van der Waals surface area contributed by atoms with E-state index in [4.69, 9.17) is 15.5 Å². The summed E-state index contributed by atoms with van der Waals surface area (Å²) in [7, 11) is 3.67. The fourth-order valence-corrected chi connectivity index (χ4v) is 4.41. The molecule has 0 heterocycles. The molecule has 4 heteroatoms. The van der Waals surface area contributed by atoms with Gasteiger partial charge in [0.05, 0.1) is 12.8 Å². The van der Waals surface area contributed by atoms with Crippen LogP contribution in [0.5, 0.6) is 5.75 Å². The minimum absolute atomic E-state index is 0.473. The molecule has 5 rings (SSSR count). The van der Waals surface area contributed by atoms with Gasteiger partial charge in [-0.15, -0.1) is 0 Å². The molecule has 4 aromatic carbocycles. The Morgan fingerprint density at radius 2 is 1.76 bits per heavy atom. The van der Waals surface area contributed by atoms with E-state index in [9.17, 15) is 0 Å². The van der Waals surface area contributed by atoms with Crippen LogP contribution in [0.25, 0.3) is 21.5 Å². The van der Waals surface area contributed by atoms with Crippen molar-refractivity contribution in [2.75, 3.05) is 19.1 Å². The van der Waals surface area contributed by atoms with E-state index in [1.807, 2.05) is 48.3 Å². The number of fused-ring (bicyclic) bond motifs is 1. The van der Waals surface area contributed by atoms with Gasteiger partial charge < -0.3 is 15.4 Å². The van der Waals surface area contributed by atoms with E-state index in [2.05, 4.69) is 30.3 Å². The third kappa shape index (κ3) is 2.80. The molecule has 0 aromatic heterocycles. The third-order valence-corrected chi connectivity index (χ3v) is 5.88. The summed E-state index contributed by atoms with van der Waals surface area (Å²) >= 11 is 0. The lowest BCUT2D eigenvalue weighted by Crippen LogP contribution is -2.34. The summed E-state index contributed by atoms with van der Waals surface area (Å²) in [5.41, 5.74) is 11.2. The molecular formula is C25H23N3O. The van der Waals surface area contributed by atoms with E-state index in [0.717, 1.165) is 40.7 Å². The van der Waals surface area contributed by atoms with Gasteiger partial charge >= 0.3 is 0 Å². The molecule has 0 radical (unpaired) electrons. The van der Waals surface area contributed by atoms with E-state index in [1.54, 1.807) is 7.11 Å². The largest absolute Gasteiger partial charge is 0.496 e. The van der Waals surface area contributed by atoms with E-state index >= 15 is 0 Å². The van der Waals surface area contributed by atoms with E-state index in [1.165, 1.54) is 21.9 Å². The van der Waals surface area contributed by atoms with Crippen molar-refractivity contribution in [3.63, 3.8) is 0 Å². The van der Waals surface area contributed by atoms with Crippen LogP contribution in [0.15, 0.2) is 71.7 Å². The van der Waals surface area contributed by atoms with Gasteiger partial charge in [-0.05, 0) is 52.9 Å². The highest BCUT2D eigenvalue weighted by molar-refractivity contribution is 6.04. The number of anilines is 1. The quantitative estimate of drug-likeness (QED) is 0.393. The van der Waals surface area contributed by atoms with Crippen molar-refractivity contribution >= 4 is 38.9 Å². The SMILES string of the molecule is COc1ccc(N=C(N)N(C)c2ccc3cccc4c3c2CC4)c2ccccc12. The number of nitrogens with two attached hydrogens (primary N) is 1. The number of aryl methyl sites for hydroxylation is 2. The van der Waals surface area contributed by atoms with Crippen LogP contribution in [0.2, 0.25) is 0 Å². The average molecular weight is 381 g/mol. The summed E-state index contributed by atoms with van der Waals surface area (Å²) in [6.45, 7) is 0. The predicted molar refractivity (Wildman–Crippen MR) is 122 cm³/mol. The van der Waals surface area contributed by atoms with Crippen molar-refractivity contribution in [2.45, 2.75) is 12.8 Å². The highest BCUT2D eigenvalue weighted by Gasteiger charge is 2.20. The van der Waals surface area contributed by atoms with Crippen LogP contribution in [0.1, 0.15) is 11.1 Å². The minimum atomic E-state index is 0.473. The Hall–Kier alpha value is -3.53. The zero-order chi connectivity index (χ0) is 20.0. The summed E-state index contributed by atoms with van der Waals surface area (Å²) < 4.78 is 5.49. The molecule has 0 saturated carbocycles. The molecule has 0 atom stereocenters. The van der Waals surface area contributed by atoms with Crippen LogP contribution in [0.3, 0.4) is 0 Å². The van der Waals surface area contributed by atoms with Crippen LogP contribution >= 0.6 is 0 Å². The zero-order valence-electron chi connectivity index (χ0n) is 16.6. The van der Waals surface area contributed by atoms with Gasteiger partial charge in [-0.3, -0.25) is 0 Å². The molecule has 0 saturated heterocycles. The van der Waals surface area contributed by atoms with Crippen LogP contribution in [-0.2, 0) is 12.8 Å². The van der Waals surface area contributed by atoms with Crippen molar-refractivity contribution in [2.24, 2.45) is 10.7 Å². The standard InChI is InChI=1S/C25H23N3O/c1-28(22-14-11-17-7-5-6-16-10-12-20(22)24(16)17)25(26)27-21-13-15-23(29-2)19-9-4-3-8-18(19)21/h3-9,11,13-15H,10,12H2,1-2H3,(H2,26,27). The molecule has 4 nitrogen and oxygen atoms in total. The molecular weight excluding hydrogens is 358 g/mol. The normalized spacial score (nSPS) is 13.2. The van der Waals surface area contributed by atoms with E-state index in [0.29, 0.717) is 5.96 Å². The molecule has 1 aliphatic carbocycles. The molecule has 4 aromatic rings. The number of benzene rings is 4. The Kier molecular flexibility index (Phi) is 4.13. The first kappa shape index (κ1) is 17.6. The Balaban J connectivity index is 1.59. The Bertz CT molecular complexity index is 1280. The van der Waals surface area contributed by atoms with Gasteiger partial charge in [-0.2, -0.15) is 0 Å². The summed E-state index contributed by atoms with van der Waals surface area (Å²) in [4.78, 5) is 6.77. The zero-order valence-corrected chi connectivity index (χ0v) is 16.6. The highest BCUT2D eigenvalue weighted by Crippen LogP contribution is 2.37. The number of hydrogen-bond donors (Lipinski definition) is 1. The maximum atomic E-state index is 6.47. The third-order valence-electron chi connectivity index (χ3n) is 5.88. The van der Waals surface area contributed by atoms with Crippen LogP contribution in [-0.4, -0.2) is 20.1 Å². The first-order valence-electron chi connectivity index (χ1n) is 9.84. The summed E-state index contributed by atoms with van der Waals surface area (Å²) in [5, 5.41) is 4.72. The maximum absolute atomic E-state index is 6.47. The molecule has 1 aliphatic rings. The number of methoxy groups -OCH3 is 1. The lowest BCUT2D eigenvalue weighted by molar-refractivity contribution is 0.420. The topological polar surface area (TPSA) is 50.9 Å². The smallest absolute Gasteiger partial charge is 0.200 e. The van der Waals surface area contributed by atoms with E-state index < -0.39 is 0 Å². The van der Waals surface area contributed by atoms with Crippen LogP contribution < -0.4 is 15.4 Å². The molecule has 0 spiro atoms. The number of aliphatic imine (C=N–C) groups is 1. The van der Waals surface area contributed by atoms with E-state index in [-0.39, 0.29) is 0 Å². The number of nitrogens with zero attached hydrogens (tertiary/aromatic N) is 2. The first-order valence-corrected chi connectivity index (χ1v) is 9.84. The molecule has 144 valence electrons. The first-order chi connectivity index (χ1) is 14.2. The molecule has 0 aliphatic heterocycles. The van der Waals surface area contributed by atoms with Gasteiger partial charge in [-0.1, -0.05) is 48.5 Å². The second-order valence-corrected chi connectivity index (χ2v) is 7.44. The van der Waals surface area contributed by atoms with Crippen LogP contribution in [0.4, 0.5) is 11.4 Å². The van der Waals surface area contributed by atoms with Crippen molar-refractivity contribution in [3.8, 4) is 5.75 Å². The molecule has 0 fully saturated rings. The predicted octanol–water partition coefficient (Wildman–Crippen LogP) is 5.18. The molecule has 2 N–H and O–H groups in total. The second-order valence-electron chi connectivity index (χ2n) is 7.44. The second kappa shape index (κ2) is 6.82. The molecule has 0 amide bonds. The molecule has 29 heavy (non-hydrogen) atoms. The fourth-order valence-electron chi connectivity index (χ4n) is 4.41. The van der Waals surface area contributed by atoms with Gasteiger partial charge in [0.2, 0.25) is 5.96 Å². The van der Waals surface area contributed by atoms with Gasteiger partial charge in [-0.25, -0.2) is 4.99 Å². The Morgan fingerprint density at radius 3 is 2.59 bits per heavy atom. The van der Waals surface area contributed by atoms with Crippen LogP contribution in [0, 0.1) is 0 Å². The van der Waals surface area contributed by atoms with Gasteiger partial charge in [0, 0.05) is 23.5 Å². The number of hydrogen-bond acceptors (Lipinski definition) is 2. The number of rotatable bonds is 3. The van der Waals surface area contributed by atoms with Crippen molar-refractivity contribution in [3.05, 3.63) is 77.9 Å². The Labute approximate surface area is 170 Å². The fraction of sp³-hybridized carbons (Fsp3) is 0.160. The molecule has 0 unspecified atom stereocenters. The monoisotopic (exact) mass is 381 g/mol. The maximum Gasteiger partial charge on any atom is 0.200 e. The average Bonchev–Trinajstić information content (AvgIpc) is 3.20. The Morgan fingerprint density at radius 1 is 0.931 bits per heavy atom. The van der Waals surface area contributed by atoms with Gasteiger partial charge in [0.1, 0.15) is 5.75 Å². The number of ether oxygens (including phenoxy) is 1. The van der Waals surface area contributed by atoms with Crippen molar-refractivity contribution < 1.29 is 4.74 Å². The summed E-state index contributed by atoms with van der Waals surface area (Å²) in [6.07, 6.45) is 2.12. The lowest BCUT2D eigenvalue weighted by Gasteiger charge is -2.22.